The fraction of sp³-hybridized carbons (Fsp3) is 0.143. The van der Waals surface area contributed by atoms with Crippen molar-refractivity contribution in [2.45, 2.75) is 18.5 Å². The van der Waals surface area contributed by atoms with E-state index in [0.717, 1.165) is 36.4 Å². The monoisotopic (exact) mass is 699 g/mol. The first kappa shape index (κ1) is 27.7. The van der Waals surface area contributed by atoms with E-state index in [1.165, 1.54) is 36.4 Å². The quantitative estimate of drug-likeness (QED) is 0.158. The third-order valence-electron chi connectivity index (χ3n) is 4.50. The van der Waals surface area contributed by atoms with Crippen molar-refractivity contribution in [2.24, 2.45) is 0 Å². The average Bonchev–Trinajstić information content (AvgIpc) is 2.75. The maximum absolute atomic E-state index is 12.9. The van der Waals surface area contributed by atoms with Gasteiger partial charge in [-0.1, -0.05) is 0 Å². The second kappa shape index (κ2) is 10.8. The van der Waals surface area contributed by atoms with Gasteiger partial charge in [0.2, 0.25) is 0 Å². The van der Waals surface area contributed by atoms with E-state index in [-0.39, 0.29) is 0 Å². The molecule has 0 aliphatic carbocycles. The van der Waals surface area contributed by atoms with Crippen LogP contribution in [-0.2, 0) is 38.5 Å². The Balaban J connectivity index is 0.00000187. The Morgan fingerprint density at radius 2 is 0.606 bits per heavy atom. The number of alkyl halides is 9. The van der Waals surface area contributed by atoms with Gasteiger partial charge in [0.05, 0.1) is 24.6 Å². The molecule has 0 radical (unpaired) electrons. The van der Waals surface area contributed by atoms with Crippen LogP contribution in [0.1, 0.15) is 16.7 Å². The molecule has 0 atom stereocenters. The molecule has 0 bridgehead atoms. The normalized spacial score (nSPS) is 12.4. The molecular formula is C21H13AuClF9P+. The van der Waals surface area contributed by atoms with Crippen molar-refractivity contribution in [1.29, 1.82) is 0 Å². The van der Waals surface area contributed by atoms with Gasteiger partial charge in [-0.2, -0.15) is 39.5 Å². The van der Waals surface area contributed by atoms with Gasteiger partial charge >= 0.3 is 47.7 Å². The molecule has 3 aromatic rings. The van der Waals surface area contributed by atoms with E-state index in [2.05, 4.69) is 9.19 Å². The number of benzene rings is 3. The van der Waals surface area contributed by atoms with Crippen LogP contribution in [0.4, 0.5) is 39.5 Å². The fourth-order valence-electron chi connectivity index (χ4n) is 2.98. The third-order valence-corrected chi connectivity index (χ3v) is 7.23. The first-order valence-electron chi connectivity index (χ1n) is 8.78. The number of halogens is 10. The maximum atomic E-state index is 12.9. The molecule has 12 heteroatoms. The summed E-state index contributed by atoms with van der Waals surface area (Å²) in [5.41, 5.74) is -2.72. The molecular weight excluding hydrogens is 687 g/mol. The second-order valence-corrected chi connectivity index (χ2v) is 9.08. The van der Waals surface area contributed by atoms with E-state index < -0.39 is 43.1 Å². The Morgan fingerprint density at radius 3 is 0.758 bits per heavy atom. The van der Waals surface area contributed by atoms with Crippen molar-refractivity contribution < 1.29 is 59.5 Å². The molecule has 0 spiro atoms. The number of hydrogen-bond donors (Lipinski definition) is 0. The molecule has 0 aromatic heterocycles. The molecule has 3 rings (SSSR count). The fourth-order valence-corrected chi connectivity index (χ4v) is 5.48. The average molecular weight is 700 g/mol. The minimum atomic E-state index is -4.58. The van der Waals surface area contributed by atoms with E-state index in [1.807, 2.05) is 0 Å². The molecule has 182 valence electrons. The molecule has 33 heavy (non-hydrogen) atoms. The standard InChI is InChI=1S/C21H12F9P.Au.ClH/c22-19(23,24)13-1-7-16(8-2-13)31(17-9-3-14(4-10-17)20(25,26)27)18-11-5-15(6-12-18)21(28,29)30;;/h1-12H;;1H/q;+1;. The Hall–Kier alpha value is -1.51. The van der Waals surface area contributed by atoms with Gasteiger partial charge in [-0.15, -0.1) is 0 Å². The van der Waals surface area contributed by atoms with Crippen LogP contribution in [0.25, 0.3) is 0 Å². The second-order valence-electron chi connectivity index (χ2n) is 6.60. The summed E-state index contributed by atoms with van der Waals surface area (Å²) in [7, 11) is 2.42. The molecule has 0 saturated heterocycles. The molecule has 0 aliphatic heterocycles. The zero-order chi connectivity index (χ0) is 25.0. The van der Waals surface area contributed by atoms with E-state index in [4.69, 9.17) is 0 Å². The summed E-state index contributed by atoms with van der Waals surface area (Å²) >= 11 is 1.75. The SMILES string of the molecule is FC(F)(F)c1ccc([PH+](c2ccc(C(F)(F)F)cc2)c2ccc(C(F)(F)F)cc2)cc1.[Cl][Au]. The van der Waals surface area contributed by atoms with Crippen LogP contribution >= 0.6 is 17.1 Å². The molecule has 0 nitrogen and oxygen atoms in total. The van der Waals surface area contributed by atoms with Crippen molar-refractivity contribution in [1.82, 2.24) is 0 Å². The Bertz CT molecular complexity index is 890. The van der Waals surface area contributed by atoms with Gasteiger partial charge in [-0.25, -0.2) is 0 Å². The Kier molecular flexibility index (Phi) is 9.10. The predicted molar refractivity (Wildman–Crippen MR) is 107 cm³/mol. The molecule has 0 amide bonds. The van der Waals surface area contributed by atoms with Crippen molar-refractivity contribution >= 4 is 33.0 Å². The van der Waals surface area contributed by atoms with Crippen LogP contribution in [0, 0.1) is 0 Å². The van der Waals surface area contributed by atoms with Gasteiger partial charge in [0.15, 0.2) is 0 Å². The van der Waals surface area contributed by atoms with Crippen molar-refractivity contribution in [3.8, 4) is 0 Å². The van der Waals surface area contributed by atoms with E-state index >= 15 is 0 Å². The first-order valence-corrected chi connectivity index (χ1v) is 13.0. The predicted octanol–water partition coefficient (Wildman–Crippen LogP) is 6.92. The Morgan fingerprint density at radius 1 is 0.424 bits per heavy atom. The Labute approximate surface area is 200 Å². The zero-order valence-corrected chi connectivity index (χ0v) is 19.9. The summed E-state index contributed by atoms with van der Waals surface area (Å²) in [5.74, 6) is 0. The molecule has 0 unspecified atom stereocenters. The van der Waals surface area contributed by atoms with Crippen LogP contribution in [0.15, 0.2) is 72.8 Å². The van der Waals surface area contributed by atoms with Gasteiger partial charge in [0, 0.05) is 0 Å². The van der Waals surface area contributed by atoms with E-state index in [9.17, 15) is 39.5 Å². The third kappa shape index (κ3) is 7.23. The molecule has 0 N–H and O–H groups in total. The van der Waals surface area contributed by atoms with Gasteiger partial charge in [-0.05, 0) is 72.8 Å². The van der Waals surface area contributed by atoms with Crippen LogP contribution in [0.2, 0.25) is 0 Å². The molecule has 0 fully saturated rings. The van der Waals surface area contributed by atoms with Gasteiger partial charge in [-0.3, -0.25) is 0 Å². The summed E-state index contributed by atoms with van der Waals surface area (Å²) in [6.07, 6.45) is -13.7. The molecule has 0 aliphatic rings. The number of hydrogen-bond acceptors (Lipinski definition) is 0. The summed E-state index contributed by atoms with van der Waals surface area (Å²) in [6.45, 7) is 0. The van der Waals surface area contributed by atoms with Crippen LogP contribution < -0.4 is 15.9 Å². The molecule has 3 aromatic carbocycles. The van der Waals surface area contributed by atoms with Gasteiger partial charge < -0.3 is 0 Å². The van der Waals surface area contributed by atoms with Crippen molar-refractivity contribution in [2.75, 3.05) is 0 Å². The topological polar surface area (TPSA) is 0 Å². The number of rotatable bonds is 3. The molecule has 0 saturated carbocycles. The van der Waals surface area contributed by atoms with Crippen LogP contribution in [-0.4, -0.2) is 0 Å². The summed E-state index contributed by atoms with van der Waals surface area (Å²) < 4.78 is 116. The van der Waals surface area contributed by atoms with Crippen LogP contribution in [0.5, 0.6) is 0 Å². The first-order chi connectivity index (χ1) is 15.3. The summed E-state index contributed by atoms with van der Waals surface area (Å²) in [6, 6.07) is 12.3. The minimum absolute atomic E-state index is 0.387. The zero-order valence-electron chi connectivity index (χ0n) is 16.0. The van der Waals surface area contributed by atoms with Crippen molar-refractivity contribution in [3.05, 3.63) is 89.5 Å². The molecule has 0 heterocycles. The van der Waals surface area contributed by atoms with E-state index in [0.29, 0.717) is 15.9 Å². The van der Waals surface area contributed by atoms with E-state index in [1.54, 1.807) is 20.0 Å². The van der Waals surface area contributed by atoms with Gasteiger partial charge in [0.1, 0.15) is 15.9 Å². The summed E-state index contributed by atoms with van der Waals surface area (Å²) in [5, 5.41) is 1.16. The van der Waals surface area contributed by atoms with Gasteiger partial charge in [0.25, 0.3) is 0 Å². The van der Waals surface area contributed by atoms with Crippen molar-refractivity contribution in [3.63, 3.8) is 0 Å². The summed E-state index contributed by atoms with van der Waals surface area (Å²) in [4.78, 5) is 0. The van der Waals surface area contributed by atoms with Crippen LogP contribution in [0.3, 0.4) is 0 Å².